The van der Waals surface area contributed by atoms with Crippen LogP contribution in [0.4, 0.5) is 4.39 Å². The molecule has 2 heterocycles. The molecule has 0 bridgehead atoms. The van der Waals surface area contributed by atoms with E-state index in [0.717, 1.165) is 19.3 Å². The van der Waals surface area contributed by atoms with Crippen LogP contribution in [0, 0.1) is 12.7 Å². The van der Waals surface area contributed by atoms with E-state index in [2.05, 4.69) is 5.16 Å². The fourth-order valence-electron chi connectivity index (χ4n) is 2.95. The van der Waals surface area contributed by atoms with Crippen molar-refractivity contribution >= 4 is 10.0 Å². The van der Waals surface area contributed by atoms with Crippen LogP contribution in [0.25, 0.3) is 0 Å². The van der Waals surface area contributed by atoms with Crippen LogP contribution >= 0.6 is 0 Å². The zero-order valence-corrected chi connectivity index (χ0v) is 13.7. The first-order valence-corrected chi connectivity index (χ1v) is 9.13. The second-order valence-corrected chi connectivity index (χ2v) is 7.69. The highest BCUT2D eigenvalue weighted by molar-refractivity contribution is 7.89. The van der Waals surface area contributed by atoms with Crippen molar-refractivity contribution in [2.45, 2.75) is 43.5 Å². The minimum Gasteiger partial charge on any atom is -0.361 e. The second-order valence-electron chi connectivity index (χ2n) is 5.80. The lowest BCUT2D eigenvalue weighted by atomic mass is 10.1. The molecule has 1 fully saturated rings. The molecular formula is C16H19FN2O3S. The maximum absolute atomic E-state index is 13.1. The van der Waals surface area contributed by atoms with E-state index in [0.29, 0.717) is 24.4 Å². The molecule has 1 aliphatic heterocycles. The summed E-state index contributed by atoms with van der Waals surface area (Å²) in [6.07, 6.45) is 3.41. The normalized spacial score (nSPS) is 20.3. The van der Waals surface area contributed by atoms with Crippen LogP contribution < -0.4 is 0 Å². The number of sulfonamides is 1. The lowest BCUT2D eigenvalue weighted by molar-refractivity contribution is 0.304. The van der Waals surface area contributed by atoms with E-state index in [9.17, 15) is 12.8 Å². The number of halogens is 1. The Hall–Kier alpha value is -1.73. The van der Waals surface area contributed by atoms with E-state index in [-0.39, 0.29) is 10.9 Å². The molecule has 23 heavy (non-hydrogen) atoms. The van der Waals surface area contributed by atoms with Crippen molar-refractivity contribution in [2.75, 3.05) is 6.54 Å². The van der Waals surface area contributed by atoms with Crippen LogP contribution in [-0.2, 0) is 10.0 Å². The molecule has 5 nitrogen and oxygen atoms in total. The third-order valence-corrected chi connectivity index (χ3v) is 6.03. The molecule has 7 heteroatoms. The lowest BCUT2D eigenvalue weighted by Crippen LogP contribution is -2.35. The Bertz CT molecular complexity index is 771. The van der Waals surface area contributed by atoms with Crippen LogP contribution in [0.3, 0.4) is 0 Å². The molecule has 1 saturated heterocycles. The van der Waals surface area contributed by atoms with Crippen LogP contribution in [0.1, 0.15) is 43.2 Å². The molecule has 1 aliphatic rings. The highest BCUT2D eigenvalue weighted by Crippen LogP contribution is 2.34. The van der Waals surface area contributed by atoms with E-state index in [1.165, 1.54) is 28.6 Å². The number of nitrogens with zero attached hydrogens (tertiary/aromatic N) is 2. The number of rotatable bonds is 3. The average Bonchev–Trinajstić information content (AvgIpc) is 2.80. The SMILES string of the molecule is Cc1cc([C@H]2CCCCCN2S(=O)(=O)c2ccc(F)cc2)no1. The van der Waals surface area contributed by atoms with E-state index in [1.807, 2.05) is 0 Å². The summed E-state index contributed by atoms with van der Waals surface area (Å²) in [6.45, 7) is 2.21. The fraction of sp³-hybridized carbons (Fsp3) is 0.438. The van der Waals surface area contributed by atoms with Gasteiger partial charge in [0.15, 0.2) is 0 Å². The number of hydrogen-bond acceptors (Lipinski definition) is 4. The molecule has 0 unspecified atom stereocenters. The van der Waals surface area contributed by atoms with Crippen molar-refractivity contribution < 1.29 is 17.3 Å². The molecule has 0 saturated carbocycles. The summed E-state index contributed by atoms with van der Waals surface area (Å²) < 4.78 is 45.7. The largest absolute Gasteiger partial charge is 0.361 e. The molecule has 0 N–H and O–H groups in total. The summed E-state index contributed by atoms with van der Waals surface area (Å²) in [4.78, 5) is 0.103. The van der Waals surface area contributed by atoms with Gasteiger partial charge in [-0.05, 0) is 44.0 Å². The fourth-order valence-corrected chi connectivity index (χ4v) is 4.62. The monoisotopic (exact) mass is 338 g/mol. The molecule has 3 rings (SSSR count). The number of benzene rings is 1. The predicted octanol–water partition coefficient (Wildman–Crippen LogP) is 3.43. The van der Waals surface area contributed by atoms with Gasteiger partial charge < -0.3 is 4.52 Å². The topological polar surface area (TPSA) is 63.4 Å². The number of aryl methyl sites for hydroxylation is 1. The first-order valence-electron chi connectivity index (χ1n) is 7.69. The van der Waals surface area contributed by atoms with Gasteiger partial charge in [0, 0.05) is 12.6 Å². The zero-order chi connectivity index (χ0) is 16.4. The summed E-state index contributed by atoms with van der Waals surface area (Å²) in [5.41, 5.74) is 0.634. The minimum atomic E-state index is -3.71. The molecule has 1 aromatic carbocycles. The van der Waals surface area contributed by atoms with Crippen molar-refractivity contribution in [1.82, 2.24) is 9.46 Å². The highest BCUT2D eigenvalue weighted by Gasteiger charge is 2.34. The third kappa shape index (κ3) is 3.30. The molecule has 0 aliphatic carbocycles. The summed E-state index contributed by atoms with van der Waals surface area (Å²) in [6, 6.07) is 6.38. The van der Waals surface area contributed by atoms with Gasteiger partial charge in [-0.25, -0.2) is 12.8 Å². The Kier molecular flexibility index (Phi) is 4.50. The molecule has 1 atom stereocenters. The van der Waals surface area contributed by atoms with Gasteiger partial charge >= 0.3 is 0 Å². The van der Waals surface area contributed by atoms with Gasteiger partial charge in [0.1, 0.15) is 17.3 Å². The summed E-state index contributed by atoms with van der Waals surface area (Å²) in [7, 11) is -3.71. The van der Waals surface area contributed by atoms with Crippen molar-refractivity contribution in [3.63, 3.8) is 0 Å². The van der Waals surface area contributed by atoms with Crippen LogP contribution in [0.15, 0.2) is 39.8 Å². The molecule has 1 aromatic heterocycles. The number of hydrogen-bond donors (Lipinski definition) is 0. The lowest BCUT2D eigenvalue weighted by Gasteiger charge is -2.27. The number of aromatic nitrogens is 1. The smallest absolute Gasteiger partial charge is 0.243 e. The van der Waals surface area contributed by atoms with E-state index in [1.54, 1.807) is 13.0 Å². The minimum absolute atomic E-state index is 0.103. The van der Waals surface area contributed by atoms with Gasteiger partial charge in [-0.15, -0.1) is 0 Å². The van der Waals surface area contributed by atoms with E-state index >= 15 is 0 Å². The summed E-state index contributed by atoms with van der Waals surface area (Å²) in [5, 5.41) is 4.01. The Morgan fingerprint density at radius 2 is 1.96 bits per heavy atom. The molecule has 2 aromatic rings. The third-order valence-electron chi connectivity index (χ3n) is 4.11. The first kappa shape index (κ1) is 16.1. The van der Waals surface area contributed by atoms with Gasteiger partial charge in [-0.2, -0.15) is 4.31 Å². The van der Waals surface area contributed by atoms with Gasteiger partial charge in [-0.3, -0.25) is 0 Å². The molecule has 0 radical (unpaired) electrons. The Balaban J connectivity index is 2.00. The molecule has 0 amide bonds. The van der Waals surface area contributed by atoms with Crippen LogP contribution in [-0.4, -0.2) is 24.4 Å². The van der Waals surface area contributed by atoms with Crippen molar-refractivity contribution in [1.29, 1.82) is 0 Å². The maximum atomic E-state index is 13.1. The van der Waals surface area contributed by atoms with E-state index in [4.69, 9.17) is 4.52 Å². The van der Waals surface area contributed by atoms with Crippen molar-refractivity contribution in [3.8, 4) is 0 Å². The highest BCUT2D eigenvalue weighted by atomic mass is 32.2. The summed E-state index contributed by atoms with van der Waals surface area (Å²) >= 11 is 0. The standard InChI is InChI=1S/C16H19FN2O3S/c1-12-11-15(18-22-12)16-5-3-2-4-10-19(16)23(20,21)14-8-6-13(17)7-9-14/h6-9,11,16H,2-5,10H2,1H3/t16-/m1/s1. The molecule has 0 spiro atoms. The maximum Gasteiger partial charge on any atom is 0.243 e. The van der Waals surface area contributed by atoms with Crippen molar-refractivity contribution in [3.05, 3.63) is 47.6 Å². The van der Waals surface area contributed by atoms with Crippen LogP contribution in [0.5, 0.6) is 0 Å². The Labute approximate surface area is 135 Å². The Morgan fingerprint density at radius 3 is 2.61 bits per heavy atom. The van der Waals surface area contributed by atoms with Gasteiger partial charge in [-0.1, -0.05) is 18.0 Å². The zero-order valence-electron chi connectivity index (χ0n) is 12.9. The van der Waals surface area contributed by atoms with Crippen molar-refractivity contribution in [2.24, 2.45) is 0 Å². The Morgan fingerprint density at radius 1 is 1.22 bits per heavy atom. The van der Waals surface area contributed by atoms with Gasteiger partial charge in [0.25, 0.3) is 0 Å². The van der Waals surface area contributed by atoms with Gasteiger partial charge in [0.05, 0.1) is 10.9 Å². The first-order chi connectivity index (χ1) is 11.0. The second kappa shape index (κ2) is 6.41. The summed E-state index contributed by atoms with van der Waals surface area (Å²) in [5.74, 6) is 0.201. The molecular weight excluding hydrogens is 319 g/mol. The van der Waals surface area contributed by atoms with E-state index < -0.39 is 15.8 Å². The average molecular weight is 338 g/mol. The quantitative estimate of drug-likeness (QED) is 0.860. The van der Waals surface area contributed by atoms with Crippen LogP contribution in [0.2, 0.25) is 0 Å². The predicted molar refractivity (Wildman–Crippen MR) is 82.7 cm³/mol. The van der Waals surface area contributed by atoms with Gasteiger partial charge in [0.2, 0.25) is 10.0 Å². The molecule has 124 valence electrons.